The molecule has 0 aromatic heterocycles. The molecular weight excluding hydrogens is 316 g/mol. The molecule has 0 spiro atoms. The highest BCUT2D eigenvalue weighted by atomic mass is 35.5. The summed E-state index contributed by atoms with van der Waals surface area (Å²) >= 11 is 6.26. The van der Waals surface area contributed by atoms with Crippen molar-refractivity contribution >= 4 is 23.2 Å². The van der Waals surface area contributed by atoms with Crippen LogP contribution in [0.3, 0.4) is 0 Å². The van der Waals surface area contributed by atoms with E-state index < -0.39 is 6.17 Å². The summed E-state index contributed by atoms with van der Waals surface area (Å²) in [6, 6.07) is 9.17. The van der Waals surface area contributed by atoms with Crippen LogP contribution in [0.25, 0.3) is 0 Å². The Morgan fingerprint density at radius 3 is 2.61 bits per heavy atom. The summed E-state index contributed by atoms with van der Waals surface area (Å²) in [6.07, 6.45) is -0.395. The Morgan fingerprint density at radius 2 is 1.91 bits per heavy atom. The molecule has 23 heavy (non-hydrogen) atoms. The monoisotopic (exact) mass is 332 g/mol. The zero-order valence-electron chi connectivity index (χ0n) is 13.1. The molecule has 1 heterocycles. The van der Waals surface area contributed by atoms with Crippen molar-refractivity contribution < 1.29 is 14.3 Å². The first-order valence-electron chi connectivity index (χ1n) is 7.13. The number of fused-ring (bicyclic) bond motifs is 1. The highest BCUT2D eigenvalue weighted by Crippen LogP contribution is 2.39. The summed E-state index contributed by atoms with van der Waals surface area (Å²) in [5.41, 5.74) is 3.25. The summed E-state index contributed by atoms with van der Waals surface area (Å²) in [7, 11) is 3.08. The van der Waals surface area contributed by atoms with Gasteiger partial charge >= 0.3 is 0 Å². The van der Waals surface area contributed by atoms with Gasteiger partial charge in [-0.2, -0.15) is 0 Å². The van der Waals surface area contributed by atoms with Crippen molar-refractivity contribution in [1.82, 2.24) is 5.32 Å². The van der Waals surface area contributed by atoms with E-state index in [2.05, 4.69) is 10.6 Å². The second-order valence-electron chi connectivity index (χ2n) is 5.29. The first-order chi connectivity index (χ1) is 11.0. The Balaban J connectivity index is 2.03. The van der Waals surface area contributed by atoms with Gasteiger partial charge in [0, 0.05) is 0 Å². The van der Waals surface area contributed by atoms with Gasteiger partial charge in [0.2, 0.25) is 0 Å². The van der Waals surface area contributed by atoms with Gasteiger partial charge in [-0.1, -0.05) is 23.7 Å². The molecule has 5 nitrogen and oxygen atoms in total. The smallest absolute Gasteiger partial charge is 0.255 e. The van der Waals surface area contributed by atoms with Gasteiger partial charge in [-0.3, -0.25) is 4.79 Å². The maximum Gasteiger partial charge on any atom is 0.255 e. The maximum absolute atomic E-state index is 12.3. The number of carbonyl (C=O) groups excluding carboxylic acids is 1. The molecule has 2 N–H and O–H groups in total. The lowest BCUT2D eigenvalue weighted by molar-refractivity contribution is 0.0935. The molecule has 2 aromatic rings. The van der Waals surface area contributed by atoms with Crippen LogP contribution in [0.15, 0.2) is 30.3 Å². The van der Waals surface area contributed by atoms with E-state index in [1.165, 1.54) is 7.11 Å². The van der Waals surface area contributed by atoms with Crippen LogP contribution >= 0.6 is 11.6 Å². The fourth-order valence-electron chi connectivity index (χ4n) is 2.71. The molecule has 0 radical (unpaired) electrons. The number of rotatable bonds is 3. The van der Waals surface area contributed by atoms with Gasteiger partial charge in [-0.05, 0) is 36.2 Å². The predicted octanol–water partition coefficient (Wildman–Crippen LogP) is 3.52. The van der Waals surface area contributed by atoms with Crippen LogP contribution in [0.5, 0.6) is 11.5 Å². The molecule has 2 aromatic carbocycles. The maximum atomic E-state index is 12.3. The van der Waals surface area contributed by atoms with Crippen molar-refractivity contribution in [3.63, 3.8) is 0 Å². The van der Waals surface area contributed by atoms with Crippen LogP contribution in [0, 0.1) is 6.92 Å². The van der Waals surface area contributed by atoms with Crippen LogP contribution in [-0.2, 0) is 0 Å². The summed E-state index contributed by atoms with van der Waals surface area (Å²) in [6.45, 7) is 1.96. The SMILES string of the molecule is COc1cc([C@H]2NC(=O)c3cccc(C)c3N2)cc(Cl)c1OC. The zero-order valence-corrected chi connectivity index (χ0v) is 13.8. The normalized spacial score (nSPS) is 16.2. The van der Waals surface area contributed by atoms with Crippen LogP contribution in [0.1, 0.15) is 27.7 Å². The van der Waals surface area contributed by atoms with Gasteiger partial charge in [0.1, 0.15) is 6.17 Å². The topological polar surface area (TPSA) is 59.6 Å². The summed E-state index contributed by atoms with van der Waals surface area (Å²) < 4.78 is 10.6. The van der Waals surface area contributed by atoms with Gasteiger partial charge in [0.25, 0.3) is 5.91 Å². The molecule has 0 saturated carbocycles. The Bertz CT molecular complexity index is 777. The van der Waals surface area contributed by atoms with E-state index in [0.717, 1.165) is 16.8 Å². The summed E-state index contributed by atoms with van der Waals surface area (Å²) in [5.74, 6) is 0.858. The van der Waals surface area contributed by atoms with Gasteiger partial charge < -0.3 is 20.1 Å². The lowest BCUT2D eigenvalue weighted by Crippen LogP contribution is -2.38. The van der Waals surface area contributed by atoms with Gasteiger partial charge in [0.15, 0.2) is 11.5 Å². The molecule has 1 amide bonds. The van der Waals surface area contributed by atoms with Crippen LogP contribution in [-0.4, -0.2) is 20.1 Å². The molecular formula is C17H17ClN2O3. The number of nitrogens with one attached hydrogen (secondary N) is 2. The van der Waals surface area contributed by atoms with Crippen molar-refractivity contribution in [1.29, 1.82) is 0 Å². The first-order valence-corrected chi connectivity index (χ1v) is 7.51. The highest BCUT2D eigenvalue weighted by Gasteiger charge is 2.27. The Morgan fingerprint density at radius 1 is 1.13 bits per heavy atom. The largest absolute Gasteiger partial charge is 0.493 e. The van der Waals surface area contributed by atoms with E-state index in [9.17, 15) is 4.79 Å². The van der Waals surface area contributed by atoms with Gasteiger partial charge in [0.05, 0.1) is 30.5 Å². The average Bonchev–Trinajstić information content (AvgIpc) is 2.54. The number of hydrogen-bond acceptors (Lipinski definition) is 4. The van der Waals surface area contributed by atoms with Gasteiger partial charge in [-0.25, -0.2) is 0 Å². The number of methoxy groups -OCH3 is 2. The van der Waals surface area contributed by atoms with E-state index in [1.807, 2.05) is 19.1 Å². The van der Waals surface area contributed by atoms with Crippen LogP contribution in [0.2, 0.25) is 5.02 Å². The molecule has 0 bridgehead atoms. The number of ether oxygens (including phenoxy) is 2. The fraction of sp³-hybridized carbons (Fsp3) is 0.235. The second kappa shape index (κ2) is 6.01. The van der Waals surface area contributed by atoms with Crippen molar-refractivity contribution in [2.24, 2.45) is 0 Å². The standard InChI is InChI=1S/C17H17ClN2O3/c1-9-5-4-6-11-14(9)19-16(20-17(11)21)10-7-12(18)15(23-3)13(8-10)22-2/h4-8,16,19H,1-3H3,(H,20,21)/t16-/m1/s1. The Kier molecular flexibility index (Phi) is 4.05. The number of para-hydroxylation sites is 1. The fourth-order valence-corrected chi connectivity index (χ4v) is 3.01. The number of amides is 1. The number of halogens is 1. The molecule has 1 aliphatic rings. The lowest BCUT2D eigenvalue weighted by atomic mass is 10.0. The van der Waals surface area contributed by atoms with Crippen molar-refractivity contribution in [2.45, 2.75) is 13.1 Å². The third-order valence-corrected chi connectivity index (χ3v) is 4.15. The van der Waals surface area contributed by atoms with Crippen molar-refractivity contribution in [2.75, 3.05) is 19.5 Å². The minimum absolute atomic E-state index is 0.127. The molecule has 120 valence electrons. The van der Waals surface area contributed by atoms with E-state index in [-0.39, 0.29) is 5.91 Å². The average molecular weight is 333 g/mol. The first kappa shape index (κ1) is 15.5. The second-order valence-corrected chi connectivity index (χ2v) is 5.69. The molecule has 0 fully saturated rings. The highest BCUT2D eigenvalue weighted by molar-refractivity contribution is 6.32. The Hall–Kier alpha value is -2.40. The molecule has 3 rings (SSSR count). The number of aryl methyl sites for hydroxylation is 1. The number of anilines is 1. The molecule has 0 unspecified atom stereocenters. The molecule has 0 saturated heterocycles. The van der Waals surface area contributed by atoms with Crippen LogP contribution in [0.4, 0.5) is 5.69 Å². The molecule has 1 aliphatic heterocycles. The van der Waals surface area contributed by atoms with Crippen molar-refractivity contribution in [3.8, 4) is 11.5 Å². The lowest BCUT2D eigenvalue weighted by Gasteiger charge is -2.29. The predicted molar refractivity (Wildman–Crippen MR) is 89.6 cm³/mol. The number of carbonyl (C=O) groups is 1. The zero-order chi connectivity index (χ0) is 16.6. The molecule has 6 heteroatoms. The van der Waals surface area contributed by atoms with E-state index in [0.29, 0.717) is 22.1 Å². The van der Waals surface area contributed by atoms with E-state index >= 15 is 0 Å². The number of benzene rings is 2. The summed E-state index contributed by atoms with van der Waals surface area (Å²) in [5, 5.41) is 6.69. The van der Waals surface area contributed by atoms with Crippen molar-refractivity contribution in [3.05, 3.63) is 52.0 Å². The minimum atomic E-state index is -0.395. The molecule has 1 atom stereocenters. The van der Waals surface area contributed by atoms with Crippen LogP contribution < -0.4 is 20.1 Å². The quantitative estimate of drug-likeness (QED) is 0.903. The van der Waals surface area contributed by atoms with Gasteiger partial charge in [-0.15, -0.1) is 0 Å². The third kappa shape index (κ3) is 2.68. The van der Waals surface area contributed by atoms with E-state index in [1.54, 1.807) is 25.3 Å². The Labute approximate surface area is 139 Å². The van der Waals surface area contributed by atoms with E-state index in [4.69, 9.17) is 21.1 Å². The third-order valence-electron chi connectivity index (χ3n) is 3.87. The minimum Gasteiger partial charge on any atom is -0.493 e. The number of hydrogen-bond donors (Lipinski definition) is 2. The molecule has 0 aliphatic carbocycles. The summed E-state index contributed by atoms with van der Waals surface area (Å²) in [4.78, 5) is 12.3.